The summed E-state index contributed by atoms with van der Waals surface area (Å²) in [5.74, 6) is 0.262. The number of pyridine rings is 1. The topological polar surface area (TPSA) is 30.0 Å². The minimum atomic E-state index is 0.00736. The van der Waals surface area contributed by atoms with Gasteiger partial charge in [0.25, 0.3) is 0 Å². The summed E-state index contributed by atoms with van der Waals surface area (Å²) in [6.45, 7) is 3.61. The molecule has 1 aromatic rings. The van der Waals surface area contributed by atoms with Gasteiger partial charge in [-0.2, -0.15) is 0 Å². The second-order valence-electron chi connectivity index (χ2n) is 3.95. The maximum absolute atomic E-state index is 11.8. The minimum Gasteiger partial charge on any atom is -0.299 e. The van der Waals surface area contributed by atoms with Gasteiger partial charge in [-0.1, -0.05) is 12.1 Å². The van der Waals surface area contributed by atoms with E-state index in [1.807, 2.05) is 6.07 Å². The molecule has 15 heavy (non-hydrogen) atoms. The van der Waals surface area contributed by atoms with Crippen molar-refractivity contribution in [1.82, 2.24) is 4.98 Å². The Labute approximate surface area is 90.0 Å². The number of hydrogen-bond acceptors (Lipinski definition) is 2. The Morgan fingerprint density at radius 3 is 3.33 bits per heavy atom. The number of ketones is 1. The van der Waals surface area contributed by atoms with E-state index >= 15 is 0 Å². The number of aromatic nitrogens is 1. The first-order valence-corrected chi connectivity index (χ1v) is 5.40. The number of aryl methyl sites for hydroxylation is 1. The highest BCUT2D eigenvalue weighted by Gasteiger charge is 2.26. The van der Waals surface area contributed by atoms with Crippen molar-refractivity contribution in [2.24, 2.45) is 0 Å². The monoisotopic (exact) mass is 201 g/mol. The predicted molar refractivity (Wildman–Crippen MR) is 59.7 cm³/mol. The van der Waals surface area contributed by atoms with Crippen molar-refractivity contribution >= 4 is 5.78 Å². The standard InChI is InChI=1S/C13H15NO/c1-2-5-12(15)11-8-3-6-10-7-4-9-14-13(10)11/h2,4,7,9,11H,1,3,5-6,8H2. The first-order valence-electron chi connectivity index (χ1n) is 5.40. The van der Waals surface area contributed by atoms with Gasteiger partial charge in [-0.05, 0) is 30.9 Å². The van der Waals surface area contributed by atoms with E-state index in [1.165, 1.54) is 5.56 Å². The number of carbonyl (C=O) groups excluding carboxylic acids is 1. The van der Waals surface area contributed by atoms with E-state index < -0.39 is 0 Å². The van der Waals surface area contributed by atoms with Gasteiger partial charge in [-0.25, -0.2) is 0 Å². The maximum atomic E-state index is 11.8. The predicted octanol–water partition coefficient (Wildman–Crippen LogP) is 2.65. The zero-order chi connectivity index (χ0) is 10.7. The van der Waals surface area contributed by atoms with Crippen LogP contribution in [0.3, 0.4) is 0 Å². The van der Waals surface area contributed by atoms with Crippen LogP contribution in [0, 0.1) is 0 Å². The van der Waals surface area contributed by atoms with Crippen LogP contribution in [0.25, 0.3) is 0 Å². The number of carbonyl (C=O) groups is 1. The molecule has 2 rings (SSSR count). The summed E-state index contributed by atoms with van der Waals surface area (Å²) in [4.78, 5) is 16.2. The number of Topliss-reactive ketones (excluding diaryl/α,β-unsaturated/α-hetero) is 1. The van der Waals surface area contributed by atoms with Crippen LogP contribution < -0.4 is 0 Å². The molecule has 1 aromatic heterocycles. The smallest absolute Gasteiger partial charge is 0.145 e. The fourth-order valence-corrected chi connectivity index (χ4v) is 2.21. The van der Waals surface area contributed by atoms with E-state index in [0.717, 1.165) is 25.0 Å². The van der Waals surface area contributed by atoms with Crippen LogP contribution in [-0.2, 0) is 11.2 Å². The Morgan fingerprint density at radius 2 is 2.53 bits per heavy atom. The van der Waals surface area contributed by atoms with Crippen molar-refractivity contribution in [3.05, 3.63) is 42.2 Å². The second-order valence-corrected chi connectivity index (χ2v) is 3.95. The third-order valence-electron chi connectivity index (χ3n) is 2.93. The van der Waals surface area contributed by atoms with Crippen molar-refractivity contribution in [2.75, 3.05) is 0 Å². The van der Waals surface area contributed by atoms with Gasteiger partial charge < -0.3 is 0 Å². The molecule has 1 unspecified atom stereocenters. The zero-order valence-corrected chi connectivity index (χ0v) is 8.78. The quantitative estimate of drug-likeness (QED) is 0.704. The maximum Gasteiger partial charge on any atom is 0.145 e. The van der Waals surface area contributed by atoms with E-state index in [9.17, 15) is 4.79 Å². The molecule has 1 aliphatic rings. The van der Waals surface area contributed by atoms with Gasteiger partial charge in [0.05, 0.1) is 11.6 Å². The average molecular weight is 201 g/mol. The molecule has 0 aliphatic heterocycles. The van der Waals surface area contributed by atoms with Crippen LogP contribution in [0.4, 0.5) is 0 Å². The normalized spacial score (nSPS) is 19.3. The van der Waals surface area contributed by atoms with E-state index in [0.29, 0.717) is 6.42 Å². The zero-order valence-electron chi connectivity index (χ0n) is 8.78. The Bertz CT molecular complexity index is 384. The minimum absolute atomic E-state index is 0.00736. The van der Waals surface area contributed by atoms with Crippen molar-refractivity contribution in [1.29, 1.82) is 0 Å². The van der Waals surface area contributed by atoms with Crippen LogP contribution in [0.2, 0.25) is 0 Å². The molecule has 1 atom stereocenters. The highest BCUT2D eigenvalue weighted by molar-refractivity contribution is 5.86. The molecule has 0 spiro atoms. The summed E-state index contributed by atoms with van der Waals surface area (Å²) >= 11 is 0. The van der Waals surface area contributed by atoms with Gasteiger partial charge in [-0.3, -0.25) is 9.78 Å². The fraction of sp³-hybridized carbons (Fsp3) is 0.385. The van der Waals surface area contributed by atoms with Crippen molar-refractivity contribution in [3.63, 3.8) is 0 Å². The summed E-state index contributed by atoms with van der Waals surface area (Å²) < 4.78 is 0. The first kappa shape index (κ1) is 10.1. The highest BCUT2D eigenvalue weighted by atomic mass is 16.1. The van der Waals surface area contributed by atoms with E-state index in [1.54, 1.807) is 12.3 Å². The lowest BCUT2D eigenvalue weighted by atomic mass is 9.83. The van der Waals surface area contributed by atoms with Crippen LogP contribution in [0.5, 0.6) is 0 Å². The van der Waals surface area contributed by atoms with Crippen LogP contribution in [0.15, 0.2) is 31.0 Å². The van der Waals surface area contributed by atoms with Crippen molar-refractivity contribution in [2.45, 2.75) is 31.6 Å². The first-order chi connectivity index (χ1) is 7.33. The lowest BCUT2D eigenvalue weighted by Gasteiger charge is -2.22. The average Bonchev–Trinajstić information content (AvgIpc) is 2.28. The van der Waals surface area contributed by atoms with E-state index in [4.69, 9.17) is 0 Å². The van der Waals surface area contributed by atoms with Gasteiger partial charge in [0, 0.05) is 12.6 Å². The van der Waals surface area contributed by atoms with Crippen LogP contribution in [0.1, 0.15) is 36.4 Å². The lowest BCUT2D eigenvalue weighted by Crippen LogP contribution is -2.19. The largest absolute Gasteiger partial charge is 0.299 e. The molecular formula is C13H15NO. The molecule has 1 heterocycles. The number of fused-ring (bicyclic) bond motifs is 1. The molecule has 0 aromatic carbocycles. The summed E-state index contributed by atoms with van der Waals surface area (Å²) in [7, 11) is 0. The Morgan fingerprint density at radius 1 is 1.67 bits per heavy atom. The molecule has 78 valence electrons. The van der Waals surface area contributed by atoms with Gasteiger partial charge in [0.2, 0.25) is 0 Å². The van der Waals surface area contributed by atoms with E-state index in [-0.39, 0.29) is 11.7 Å². The molecule has 0 bridgehead atoms. The van der Waals surface area contributed by atoms with Gasteiger partial charge in [0.15, 0.2) is 0 Å². The Balaban J connectivity index is 2.29. The fourth-order valence-electron chi connectivity index (χ4n) is 2.21. The van der Waals surface area contributed by atoms with Gasteiger partial charge >= 0.3 is 0 Å². The molecule has 0 saturated carbocycles. The van der Waals surface area contributed by atoms with Crippen LogP contribution in [-0.4, -0.2) is 10.8 Å². The molecule has 2 nitrogen and oxygen atoms in total. The number of nitrogens with zero attached hydrogens (tertiary/aromatic N) is 1. The Kier molecular flexibility index (Phi) is 2.95. The Hall–Kier alpha value is -1.44. The number of rotatable bonds is 3. The third kappa shape index (κ3) is 1.99. The summed E-state index contributed by atoms with van der Waals surface area (Å²) in [5.41, 5.74) is 2.24. The highest BCUT2D eigenvalue weighted by Crippen LogP contribution is 2.31. The molecule has 1 aliphatic carbocycles. The van der Waals surface area contributed by atoms with Crippen molar-refractivity contribution in [3.8, 4) is 0 Å². The van der Waals surface area contributed by atoms with Gasteiger partial charge in [0.1, 0.15) is 5.78 Å². The summed E-state index contributed by atoms with van der Waals surface area (Å²) in [5, 5.41) is 0. The second kappa shape index (κ2) is 4.39. The van der Waals surface area contributed by atoms with E-state index in [2.05, 4.69) is 17.6 Å². The van der Waals surface area contributed by atoms with Crippen molar-refractivity contribution < 1.29 is 4.79 Å². The summed E-state index contributed by atoms with van der Waals surface area (Å²) in [6, 6.07) is 4.02. The molecular weight excluding hydrogens is 186 g/mol. The molecule has 0 radical (unpaired) electrons. The molecule has 2 heteroatoms. The molecule has 0 fully saturated rings. The molecule has 0 amide bonds. The lowest BCUT2D eigenvalue weighted by molar-refractivity contribution is -0.120. The summed E-state index contributed by atoms with van der Waals surface area (Å²) in [6.07, 6.45) is 7.00. The number of hydrogen-bond donors (Lipinski definition) is 0. The SMILES string of the molecule is C=CCC(=O)C1CCCc2cccnc21. The third-order valence-corrected chi connectivity index (χ3v) is 2.93. The molecule has 0 N–H and O–H groups in total. The van der Waals surface area contributed by atoms with Gasteiger partial charge in [-0.15, -0.1) is 6.58 Å². The number of allylic oxidation sites excluding steroid dienone is 1. The van der Waals surface area contributed by atoms with Crippen LogP contribution >= 0.6 is 0 Å². The molecule has 0 saturated heterocycles.